The van der Waals surface area contributed by atoms with Gasteiger partial charge in [-0.3, -0.25) is 14.7 Å². The van der Waals surface area contributed by atoms with Crippen LogP contribution in [0, 0.1) is 10.1 Å². The van der Waals surface area contributed by atoms with Gasteiger partial charge in [-0.25, -0.2) is 9.89 Å². The fourth-order valence-electron chi connectivity index (χ4n) is 1.91. The summed E-state index contributed by atoms with van der Waals surface area (Å²) < 4.78 is 1.61. The van der Waals surface area contributed by atoms with Gasteiger partial charge in [-0.05, 0) is 25.0 Å². The first-order valence-electron chi connectivity index (χ1n) is 5.58. The molecule has 1 heterocycles. The molecular formula is C11H10N4O3. The Balaban J connectivity index is 2.04. The first-order valence-corrected chi connectivity index (χ1v) is 5.58. The Morgan fingerprint density at radius 1 is 1.33 bits per heavy atom. The van der Waals surface area contributed by atoms with E-state index in [2.05, 4.69) is 10.2 Å². The van der Waals surface area contributed by atoms with Crippen molar-refractivity contribution in [1.29, 1.82) is 0 Å². The van der Waals surface area contributed by atoms with E-state index >= 15 is 0 Å². The smallest absolute Gasteiger partial charge is 0.272 e. The van der Waals surface area contributed by atoms with Crippen molar-refractivity contribution in [2.24, 2.45) is 0 Å². The van der Waals surface area contributed by atoms with Crippen LogP contribution in [0.25, 0.3) is 11.4 Å². The van der Waals surface area contributed by atoms with Crippen LogP contribution < -0.4 is 5.69 Å². The Bertz CT molecular complexity index is 652. The van der Waals surface area contributed by atoms with Crippen molar-refractivity contribution in [3.05, 3.63) is 44.9 Å². The molecule has 1 saturated carbocycles. The van der Waals surface area contributed by atoms with Gasteiger partial charge in [0.1, 0.15) is 0 Å². The molecule has 7 heteroatoms. The monoisotopic (exact) mass is 246 g/mol. The first-order chi connectivity index (χ1) is 8.66. The highest BCUT2D eigenvalue weighted by Crippen LogP contribution is 2.36. The number of nitrogens with one attached hydrogen (secondary N) is 1. The summed E-state index contributed by atoms with van der Waals surface area (Å²) in [4.78, 5) is 21.7. The van der Waals surface area contributed by atoms with Crippen molar-refractivity contribution < 1.29 is 4.92 Å². The minimum atomic E-state index is -0.456. The number of hydrogen-bond acceptors (Lipinski definition) is 4. The van der Waals surface area contributed by atoms with Crippen molar-refractivity contribution in [2.75, 3.05) is 0 Å². The second kappa shape index (κ2) is 3.80. The van der Waals surface area contributed by atoms with Gasteiger partial charge in [-0.15, -0.1) is 0 Å². The van der Waals surface area contributed by atoms with Gasteiger partial charge in [0.15, 0.2) is 5.82 Å². The molecule has 0 aliphatic heterocycles. The van der Waals surface area contributed by atoms with Crippen molar-refractivity contribution in [2.45, 2.75) is 18.9 Å². The topological polar surface area (TPSA) is 93.8 Å². The van der Waals surface area contributed by atoms with Crippen LogP contribution in [0.2, 0.25) is 0 Å². The van der Waals surface area contributed by atoms with Gasteiger partial charge >= 0.3 is 5.69 Å². The number of nitrogens with zero attached hydrogens (tertiary/aromatic N) is 3. The number of H-pyrrole nitrogens is 1. The number of aromatic nitrogens is 3. The van der Waals surface area contributed by atoms with E-state index in [1.165, 1.54) is 12.1 Å². The molecule has 1 aliphatic rings. The molecule has 0 radical (unpaired) electrons. The Morgan fingerprint density at radius 2 is 2.00 bits per heavy atom. The van der Waals surface area contributed by atoms with E-state index in [1.807, 2.05) is 0 Å². The van der Waals surface area contributed by atoms with E-state index in [4.69, 9.17) is 0 Å². The SMILES string of the molecule is O=c1[nH]nc(-c2ccc([N+](=O)[O-])cc2)n1C1CC1. The average molecular weight is 246 g/mol. The maximum atomic E-state index is 11.6. The van der Waals surface area contributed by atoms with Crippen LogP contribution in [-0.2, 0) is 0 Å². The van der Waals surface area contributed by atoms with Gasteiger partial charge in [0.25, 0.3) is 5.69 Å². The molecule has 1 aromatic carbocycles. The van der Waals surface area contributed by atoms with Crippen LogP contribution in [0.1, 0.15) is 18.9 Å². The summed E-state index contributed by atoms with van der Waals surface area (Å²) in [6.07, 6.45) is 1.94. The Hall–Kier alpha value is -2.44. The molecule has 0 amide bonds. The molecule has 18 heavy (non-hydrogen) atoms. The fraction of sp³-hybridized carbons (Fsp3) is 0.273. The van der Waals surface area contributed by atoms with E-state index in [0.717, 1.165) is 12.8 Å². The standard InChI is InChI=1S/C11H10N4O3/c16-11-13-12-10(14(11)8-5-6-8)7-1-3-9(4-2-7)15(17)18/h1-4,8H,5-6H2,(H,13,16). The van der Waals surface area contributed by atoms with E-state index in [1.54, 1.807) is 16.7 Å². The van der Waals surface area contributed by atoms with Gasteiger partial charge in [0.05, 0.1) is 4.92 Å². The van der Waals surface area contributed by atoms with Gasteiger partial charge in [-0.2, -0.15) is 5.10 Å². The molecule has 2 aromatic rings. The molecule has 0 bridgehead atoms. The summed E-state index contributed by atoms with van der Waals surface area (Å²) in [6.45, 7) is 0. The summed E-state index contributed by atoms with van der Waals surface area (Å²) in [5, 5.41) is 17.0. The highest BCUT2D eigenvalue weighted by atomic mass is 16.6. The second-order valence-corrected chi connectivity index (χ2v) is 4.26. The highest BCUT2D eigenvalue weighted by molar-refractivity contribution is 5.57. The van der Waals surface area contributed by atoms with Crippen molar-refractivity contribution >= 4 is 5.69 Å². The summed E-state index contributed by atoms with van der Waals surface area (Å²) in [6, 6.07) is 6.23. The average Bonchev–Trinajstić information content (AvgIpc) is 3.13. The molecule has 92 valence electrons. The molecular weight excluding hydrogens is 236 g/mol. The third-order valence-corrected chi connectivity index (χ3v) is 2.95. The van der Waals surface area contributed by atoms with E-state index in [9.17, 15) is 14.9 Å². The highest BCUT2D eigenvalue weighted by Gasteiger charge is 2.28. The van der Waals surface area contributed by atoms with Crippen LogP contribution >= 0.6 is 0 Å². The molecule has 1 aromatic heterocycles. The third kappa shape index (κ3) is 1.69. The van der Waals surface area contributed by atoms with E-state index in [0.29, 0.717) is 11.4 Å². The lowest BCUT2D eigenvalue weighted by Gasteiger charge is -2.03. The number of hydrogen-bond donors (Lipinski definition) is 1. The van der Waals surface area contributed by atoms with Crippen molar-refractivity contribution in [3.63, 3.8) is 0 Å². The zero-order valence-corrected chi connectivity index (χ0v) is 9.37. The van der Waals surface area contributed by atoms with Crippen molar-refractivity contribution in [3.8, 4) is 11.4 Å². The maximum absolute atomic E-state index is 11.6. The largest absolute Gasteiger partial charge is 0.343 e. The minimum Gasteiger partial charge on any atom is -0.272 e. The number of rotatable bonds is 3. The molecule has 0 spiro atoms. The Morgan fingerprint density at radius 3 is 2.56 bits per heavy atom. The normalized spacial score (nSPS) is 14.7. The van der Waals surface area contributed by atoms with Crippen LogP contribution in [0.4, 0.5) is 5.69 Å². The van der Waals surface area contributed by atoms with Crippen LogP contribution in [0.15, 0.2) is 29.1 Å². The minimum absolute atomic E-state index is 0.0228. The lowest BCUT2D eigenvalue weighted by molar-refractivity contribution is -0.384. The van der Waals surface area contributed by atoms with Gasteiger partial charge in [0, 0.05) is 23.7 Å². The number of nitro benzene ring substituents is 1. The molecule has 7 nitrogen and oxygen atoms in total. The lowest BCUT2D eigenvalue weighted by Crippen LogP contribution is -2.16. The molecule has 1 fully saturated rings. The predicted molar refractivity (Wildman–Crippen MR) is 63.2 cm³/mol. The molecule has 1 aliphatic carbocycles. The Kier molecular flexibility index (Phi) is 2.26. The predicted octanol–water partition coefficient (Wildman–Crippen LogP) is 1.48. The molecule has 0 unspecified atom stereocenters. The van der Waals surface area contributed by atoms with Crippen LogP contribution in [0.3, 0.4) is 0 Å². The zero-order valence-electron chi connectivity index (χ0n) is 9.37. The molecule has 3 rings (SSSR count). The number of non-ortho nitro benzene ring substituents is 1. The van der Waals surface area contributed by atoms with Gasteiger partial charge in [0.2, 0.25) is 0 Å². The van der Waals surface area contributed by atoms with Gasteiger partial charge in [-0.1, -0.05) is 0 Å². The van der Waals surface area contributed by atoms with E-state index in [-0.39, 0.29) is 17.4 Å². The van der Waals surface area contributed by atoms with Crippen molar-refractivity contribution in [1.82, 2.24) is 14.8 Å². The summed E-state index contributed by atoms with van der Waals surface area (Å²) in [7, 11) is 0. The van der Waals surface area contributed by atoms with Gasteiger partial charge < -0.3 is 0 Å². The number of aromatic amines is 1. The van der Waals surface area contributed by atoms with Crippen LogP contribution in [-0.4, -0.2) is 19.7 Å². The fourth-order valence-corrected chi connectivity index (χ4v) is 1.91. The molecule has 1 N–H and O–H groups in total. The quantitative estimate of drug-likeness (QED) is 0.655. The van der Waals surface area contributed by atoms with E-state index < -0.39 is 4.92 Å². The summed E-state index contributed by atoms with van der Waals surface area (Å²) in [5.41, 5.74) is 0.492. The van der Waals surface area contributed by atoms with Crippen LogP contribution in [0.5, 0.6) is 0 Å². The summed E-state index contributed by atoms with van der Waals surface area (Å²) in [5.74, 6) is 0.539. The summed E-state index contributed by atoms with van der Waals surface area (Å²) >= 11 is 0. The number of nitro groups is 1. The second-order valence-electron chi connectivity index (χ2n) is 4.26. The lowest BCUT2D eigenvalue weighted by atomic mass is 10.2. The zero-order chi connectivity index (χ0) is 12.7. The molecule has 0 atom stereocenters. The molecule has 0 saturated heterocycles. The first kappa shape index (κ1) is 10.7. The third-order valence-electron chi connectivity index (χ3n) is 2.95. The Labute approximate surface area is 101 Å². The number of benzene rings is 1. The maximum Gasteiger partial charge on any atom is 0.343 e.